The standard InChI is InChI=1S/C77H137IO15SSi5/c1-50-30-34-58(94(80)81)47-59(50)68(62-36-37-63-69(88-62)71(92-98(25,26)76(13,14)15)72(93-99(27,28)77(16,17)18)70(89-63)64(39-40-78)91-97(23,24)75(10,11)12)60(79)45-53-44-56(46-57(90-96(21,22)74(7,8)9)49-84-95(19,20)73(4,5)6)87-66(53)48-65-51(2)29-31-54(85-65)32-35-61-52(3)43-55(86-61)33-38-67-82-41-42-83-67/h30,34,39-40,47,53-57,61-72,94H,2-3,29,31-33,35-38,41-46,48-49H2,1,4-28H3/b40-39+/t53-,54+,55-,56-,57?,61-,62+,63-,64?,65+,66-,68?,69+,70?,71?,72?/m0/s1. The predicted molar refractivity (Wildman–Crippen MR) is 423 cm³/mol. The lowest BCUT2D eigenvalue weighted by Crippen LogP contribution is -2.69. The molecule has 6 aliphatic rings. The van der Waals surface area contributed by atoms with Gasteiger partial charge in [-0.05, 0) is 206 Å². The van der Waals surface area contributed by atoms with Crippen LogP contribution in [0, 0.1) is 12.8 Å². The normalized spacial score (nSPS) is 29.6. The van der Waals surface area contributed by atoms with Crippen LogP contribution in [0.3, 0.4) is 0 Å². The predicted octanol–water partition coefficient (Wildman–Crippen LogP) is 19.2. The monoisotopic (exact) mass is 1600 g/mol. The number of benzene rings is 1. The van der Waals surface area contributed by atoms with Gasteiger partial charge in [-0.2, -0.15) is 0 Å². The first-order valence-electron chi connectivity index (χ1n) is 37.6. The molecule has 1 aromatic rings. The van der Waals surface area contributed by atoms with E-state index in [-0.39, 0.29) is 97.2 Å². The van der Waals surface area contributed by atoms with Crippen molar-refractivity contribution in [1.29, 1.82) is 0 Å². The van der Waals surface area contributed by atoms with Crippen molar-refractivity contribution in [3.8, 4) is 0 Å². The van der Waals surface area contributed by atoms with Crippen LogP contribution in [0.1, 0.15) is 204 Å². The van der Waals surface area contributed by atoms with E-state index < -0.39 is 101 Å². The minimum Gasteiger partial charge on any atom is -0.414 e. The Morgan fingerprint density at radius 1 is 0.646 bits per heavy atom. The Balaban J connectivity index is 1.27. The second-order valence-electron chi connectivity index (χ2n) is 37.9. The number of carbonyl (C=O) groups excluding carboxylic acids is 1. The molecule has 6 unspecified atom stereocenters. The highest BCUT2D eigenvalue weighted by Crippen LogP contribution is 2.51. The molecule has 16 atom stereocenters. The van der Waals surface area contributed by atoms with Crippen LogP contribution in [0.2, 0.25) is 90.7 Å². The largest absolute Gasteiger partial charge is 0.414 e. The van der Waals surface area contributed by atoms with Gasteiger partial charge in [0.05, 0.1) is 91.7 Å². The number of hydrogen-bond acceptors (Lipinski definition) is 15. The van der Waals surface area contributed by atoms with Crippen molar-refractivity contribution in [2.45, 2.75) is 387 Å². The molecule has 0 N–H and O–H groups in total. The summed E-state index contributed by atoms with van der Waals surface area (Å²) in [5, 5.41) is -0.510. The average molecular weight is 1600 g/mol. The molecule has 0 aliphatic carbocycles. The number of carbonyl (C=O) groups is 1. The number of ether oxygens (including phenoxy) is 7. The quantitative estimate of drug-likeness (QED) is 0.0349. The zero-order chi connectivity index (χ0) is 74.2. The van der Waals surface area contributed by atoms with E-state index in [1.165, 1.54) is 0 Å². The van der Waals surface area contributed by atoms with Crippen molar-refractivity contribution >= 4 is 80.7 Å². The number of thiol groups is 1. The van der Waals surface area contributed by atoms with E-state index in [4.69, 9.17) is 55.3 Å². The van der Waals surface area contributed by atoms with Crippen LogP contribution in [0.4, 0.5) is 0 Å². The molecule has 6 saturated heterocycles. The number of fused-ring (bicyclic) bond motifs is 1. The minimum absolute atomic E-state index is 0.00337. The molecule has 0 radical (unpaired) electrons. The van der Waals surface area contributed by atoms with Crippen molar-refractivity contribution in [3.63, 3.8) is 0 Å². The second-order valence-corrected chi connectivity index (χ2v) is 63.4. The molecule has 99 heavy (non-hydrogen) atoms. The Bertz CT molecular complexity index is 2980. The highest BCUT2D eigenvalue weighted by atomic mass is 127. The maximum atomic E-state index is 16.6. The number of aryl methyl sites for hydroxylation is 1. The van der Waals surface area contributed by atoms with Crippen molar-refractivity contribution in [2.24, 2.45) is 5.92 Å². The molecule has 1 aromatic carbocycles. The molecule has 0 spiro atoms. The average Bonchev–Trinajstić information content (AvgIpc) is 1.18. The molecule has 568 valence electrons. The van der Waals surface area contributed by atoms with E-state index in [1.807, 2.05) is 17.1 Å². The van der Waals surface area contributed by atoms with E-state index in [1.54, 1.807) is 12.1 Å². The molecule has 6 fully saturated rings. The van der Waals surface area contributed by atoms with Crippen LogP contribution < -0.4 is 0 Å². The first-order chi connectivity index (χ1) is 45.4. The Kier molecular flexibility index (Phi) is 29.0. The summed E-state index contributed by atoms with van der Waals surface area (Å²) in [4.78, 5) is 16.7. The molecule has 6 heterocycles. The van der Waals surface area contributed by atoms with E-state index in [0.29, 0.717) is 57.5 Å². The summed E-state index contributed by atoms with van der Waals surface area (Å²) in [5.41, 5.74) is 3.65. The highest BCUT2D eigenvalue weighted by Gasteiger charge is 2.59. The van der Waals surface area contributed by atoms with E-state index in [9.17, 15) is 8.42 Å². The summed E-state index contributed by atoms with van der Waals surface area (Å²) in [5.74, 6) is -1.10. The van der Waals surface area contributed by atoms with Crippen molar-refractivity contribution in [3.05, 3.63) is 63.8 Å². The third-order valence-corrected chi connectivity index (χ3v) is 48.8. The van der Waals surface area contributed by atoms with E-state index in [2.05, 4.69) is 211 Å². The number of Topliss-reactive ketones (excluding diaryl/α,β-unsaturated/α-hetero) is 1. The van der Waals surface area contributed by atoms with Gasteiger partial charge in [-0.15, -0.1) is 0 Å². The smallest absolute Gasteiger partial charge is 0.193 e. The van der Waals surface area contributed by atoms with Crippen LogP contribution in [0.15, 0.2) is 57.6 Å². The minimum atomic E-state index is -2.99. The lowest BCUT2D eigenvalue weighted by molar-refractivity contribution is -0.268. The Labute approximate surface area is 621 Å². The maximum absolute atomic E-state index is 16.6. The fourth-order valence-corrected chi connectivity index (χ4v) is 20.8. The molecule has 0 amide bonds. The van der Waals surface area contributed by atoms with Gasteiger partial charge in [-0.25, -0.2) is 8.42 Å². The highest BCUT2D eigenvalue weighted by molar-refractivity contribution is 14.1. The maximum Gasteiger partial charge on any atom is 0.193 e. The molecule has 0 bridgehead atoms. The molecule has 6 aliphatic heterocycles. The van der Waals surface area contributed by atoms with E-state index in [0.717, 1.165) is 61.7 Å². The molecule has 0 saturated carbocycles. The van der Waals surface area contributed by atoms with Crippen molar-refractivity contribution < 1.29 is 68.5 Å². The van der Waals surface area contributed by atoms with Gasteiger partial charge in [0.1, 0.15) is 30.2 Å². The molecule has 7 rings (SSSR count). The first-order valence-corrected chi connectivity index (χ1v) is 54.6. The zero-order valence-corrected chi connectivity index (χ0v) is 74.4. The van der Waals surface area contributed by atoms with E-state index >= 15 is 4.79 Å². The van der Waals surface area contributed by atoms with Crippen molar-refractivity contribution in [1.82, 2.24) is 0 Å². The summed E-state index contributed by atoms with van der Waals surface area (Å²) in [7, 11) is -15.2. The third kappa shape index (κ3) is 21.9. The van der Waals surface area contributed by atoms with Gasteiger partial charge in [0.2, 0.25) is 0 Å². The van der Waals surface area contributed by atoms with Crippen LogP contribution in [-0.2, 0) is 70.8 Å². The summed E-state index contributed by atoms with van der Waals surface area (Å²) in [6.45, 7) is 69.9. The number of hydrogen-bond donors (Lipinski definition) is 1. The molecular formula is C77H137IO15SSi5. The third-order valence-electron chi connectivity index (χ3n) is 25.2. The summed E-state index contributed by atoms with van der Waals surface area (Å²) in [6.07, 6.45) is 5.66. The van der Waals surface area contributed by atoms with Crippen LogP contribution in [0.25, 0.3) is 0 Å². The second kappa shape index (κ2) is 33.5. The van der Waals surface area contributed by atoms with Gasteiger partial charge in [0.25, 0.3) is 0 Å². The van der Waals surface area contributed by atoms with Gasteiger partial charge in [-0.3, -0.25) is 4.79 Å². The van der Waals surface area contributed by atoms with Gasteiger partial charge in [-0.1, -0.05) is 146 Å². The van der Waals surface area contributed by atoms with Gasteiger partial charge < -0.3 is 55.3 Å². The summed E-state index contributed by atoms with van der Waals surface area (Å²) in [6, 6.07) is 5.21. The van der Waals surface area contributed by atoms with Gasteiger partial charge in [0.15, 0.2) is 58.6 Å². The fourth-order valence-electron chi connectivity index (χ4n) is 13.7. The fraction of sp³-hybridized carbons (Fsp3) is 0.831. The topological polar surface area (TPSA) is 162 Å². The summed E-state index contributed by atoms with van der Waals surface area (Å²) < 4.78 is 114. The van der Waals surface area contributed by atoms with Crippen LogP contribution in [-0.4, -0.2) is 167 Å². The summed E-state index contributed by atoms with van der Waals surface area (Å²) >= 11 is 2.31. The Hall–Kier alpha value is -0.606. The van der Waals surface area contributed by atoms with Gasteiger partial charge in [0, 0.05) is 25.7 Å². The van der Waals surface area contributed by atoms with Crippen LogP contribution in [0.5, 0.6) is 0 Å². The molecule has 15 nitrogen and oxygen atoms in total. The number of halogens is 1. The Morgan fingerprint density at radius 2 is 1.21 bits per heavy atom. The Morgan fingerprint density at radius 3 is 1.79 bits per heavy atom. The SMILES string of the molecule is C=C1C[C@H](CCC2OCCO2)O[C@H]1CC[C@H]1CCC(=C)[C@@H](C[C@@H]2O[C@H](CC(CO[Si](C)(C)C(C)(C)C)O[Si](C)(C)C(C)(C)C)C[C@H]2CC(=O)C(c2cc([SH](=O)=O)ccc2C)[C@H]2CC[C@@H]3OC(C(/C=C/I)O[Si](C)(C)C(C)(C)C)C(O[Si](C)(C)C(C)(C)C)C(O[Si](C)(C)C(C)(C)C)[C@@H]3O2)O1. The lowest BCUT2D eigenvalue weighted by Gasteiger charge is -2.56. The van der Waals surface area contributed by atoms with Crippen molar-refractivity contribution in [2.75, 3.05) is 19.8 Å². The number of ketones is 1. The first kappa shape index (κ1) is 85.6. The zero-order valence-electron chi connectivity index (χ0n) is 66.4. The molecular weight excluding hydrogens is 1460 g/mol. The van der Waals surface area contributed by atoms with Crippen LogP contribution >= 0.6 is 22.6 Å². The molecule has 0 aromatic heterocycles. The molecule has 22 heteroatoms. The lowest BCUT2D eigenvalue weighted by atomic mass is 9.77. The number of rotatable bonds is 29. The van der Waals surface area contributed by atoms with Gasteiger partial charge >= 0.3 is 0 Å².